The molecule has 0 radical (unpaired) electrons. The lowest BCUT2D eigenvalue weighted by Gasteiger charge is -2.36. The zero-order chi connectivity index (χ0) is 28.5. The Balaban J connectivity index is 1.54. The molecule has 1 saturated carbocycles. The minimum absolute atomic E-state index is 0.0271. The lowest BCUT2D eigenvalue weighted by atomic mass is 9.88. The smallest absolute Gasteiger partial charge is 0.425 e. The molecule has 0 atom stereocenters. The number of aliphatic hydroxyl groups is 1. The summed E-state index contributed by atoms with van der Waals surface area (Å²) in [6.45, 7) is 4.28. The molecule has 1 aliphatic rings. The fourth-order valence-electron chi connectivity index (χ4n) is 4.23. The monoisotopic (exact) mass is 547 g/mol. The molecule has 0 aliphatic heterocycles. The molecule has 1 fully saturated rings. The molecule has 12 heteroatoms. The number of hydrogen-bond donors (Lipinski definition) is 3. The average Bonchev–Trinajstić information content (AvgIpc) is 2.81. The highest BCUT2D eigenvalue weighted by Gasteiger charge is 2.32. The van der Waals surface area contributed by atoms with Crippen LogP contribution in [0, 0.1) is 17.5 Å². The van der Waals surface area contributed by atoms with Crippen LogP contribution in [0.25, 0.3) is 10.8 Å². The van der Waals surface area contributed by atoms with E-state index in [0.717, 1.165) is 12.1 Å². The highest BCUT2D eigenvalue weighted by atomic mass is 19.1. The number of ether oxygens (including phenoxy) is 2. The number of nitrogens with zero attached hydrogens (tertiary/aromatic N) is 2. The Kier molecular flexibility index (Phi) is 7.98. The quantitative estimate of drug-likeness (QED) is 0.366. The SMILES string of the molecule is CC(C)(C)OC(=O)N(C(=O)O)c1cc2c(CN[C@H]3C[C@H](Oc4ccc(F)cc4F)C3)c(F)cc(CO)c2cn1. The molecule has 3 aromatic rings. The number of benzene rings is 2. The predicted molar refractivity (Wildman–Crippen MR) is 135 cm³/mol. The van der Waals surface area contributed by atoms with Crippen LogP contribution in [0.4, 0.5) is 28.6 Å². The van der Waals surface area contributed by atoms with Gasteiger partial charge in [0.25, 0.3) is 0 Å². The molecule has 1 aromatic heterocycles. The maximum Gasteiger partial charge on any atom is 0.425 e. The van der Waals surface area contributed by atoms with Gasteiger partial charge in [-0.05, 0) is 68.8 Å². The number of aromatic nitrogens is 1. The second-order valence-electron chi connectivity index (χ2n) is 10.2. The summed E-state index contributed by atoms with van der Waals surface area (Å²) in [5.74, 6) is -2.49. The molecule has 0 saturated heterocycles. The molecule has 9 nitrogen and oxygen atoms in total. The molecular weight excluding hydrogens is 519 g/mol. The zero-order valence-corrected chi connectivity index (χ0v) is 21.5. The summed E-state index contributed by atoms with van der Waals surface area (Å²) >= 11 is 0. The average molecular weight is 548 g/mol. The lowest BCUT2D eigenvalue weighted by Crippen LogP contribution is -2.46. The van der Waals surface area contributed by atoms with Gasteiger partial charge in [-0.15, -0.1) is 0 Å². The molecule has 39 heavy (non-hydrogen) atoms. The molecule has 1 heterocycles. The number of anilines is 1. The number of pyridine rings is 1. The Hall–Kier alpha value is -3.90. The van der Waals surface area contributed by atoms with Gasteiger partial charge >= 0.3 is 12.2 Å². The lowest BCUT2D eigenvalue weighted by molar-refractivity contribution is 0.0581. The maximum atomic E-state index is 15.2. The molecule has 208 valence electrons. The summed E-state index contributed by atoms with van der Waals surface area (Å²) < 4.78 is 52.9. The minimum Gasteiger partial charge on any atom is -0.487 e. The first-order chi connectivity index (χ1) is 18.4. The van der Waals surface area contributed by atoms with Gasteiger partial charge in [-0.2, -0.15) is 4.90 Å². The van der Waals surface area contributed by atoms with Crippen molar-refractivity contribution in [1.82, 2.24) is 10.3 Å². The number of aliphatic hydroxyl groups excluding tert-OH is 1. The van der Waals surface area contributed by atoms with Gasteiger partial charge in [0.15, 0.2) is 11.6 Å². The van der Waals surface area contributed by atoms with Gasteiger partial charge in [0, 0.05) is 35.8 Å². The molecule has 1 aliphatic carbocycles. The van der Waals surface area contributed by atoms with Gasteiger partial charge in [-0.1, -0.05) is 0 Å². The van der Waals surface area contributed by atoms with Crippen LogP contribution in [-0.2, 0) is 17.9 Å². The van der Waals surface area contributed by atoms with Crippen molar-refractivity contribution in [1.29, 1.82) is 0 Å². The minimum atomic E-state index is -1.63. The largest absolute Gasteiger partial charge is 0.487 e. The van der Waals surface area contributed by atoms with Crippen LogP contribution >= 0.6 is 0 Å². The zero-order valence-electron chi connectivity index (χ0n) is 21.5. The first kappa shape index (κ1) is 28.1. The number of halogens is 3. The van der Waals surface area contributed by atoms with Gasteiger partial charge < -0.3 is 25.0 Å². The van der Waals surface area contributed by atoms with E-state index < -0.39 is 41.8 Å². The van der Waals surface area contributed by atoms with Crippen molar-refractivity contribution < 1.29 is 42.4 Å². The van der Waals surface area contributed by atoms with E-state index in [0.29, 0.717) is 23.1 Å². The van der Waals surface area contributed by atoms with Crippen LogP contribution in [0.5, 0.6) is 5.75 Å². The summed E-state index contributed by atoms with van der Waals surface area (Å²) in [4.78, 5) is 28.9. The molecule has 2 amide bonds. The van der Waals surface area contributed by atoms with E-state index in [4.69, 9.17) is 9.47 Å². The van der Waals surface area contributed by atoms with Crippen molar-refractivity contribution in [2.45, 2.75) is 64.5 Å². The summed E-state index contributed by atoms with van der Waals surface area (Å²) in [7, 11) is 0. The van der Waals surface area contributed by atoms with E-state index in [-0.39, 0.29) is 46.8 Å². The predicted octanol–water partition coefficient (Wildman–Crippen LogP) is 5.26. The van der Waals surface area contributed by atoms with Crippen molar-refractivity contribution in [2.24, 2.45) is 0 Å². The topological polar surface area (TPSA) is 121 Å². The number of hydrogen-bond acceptors (Lipinski definition) is 7. The van der Waals surface area contributed by atoms with E-state index in [1.165, 1.54) is 24.4 Å². The second-order valence-corrected chi connectivity index (χ2v) is 10.2. The Bertz CT molecular complexity index is 1410. The van der Waals surface area contributed by atoms with E-state index in [2.05, 4.69) is 10.3 Å². The number of carboxylic acid groups (broad SMARTS) is 1. The number of imide groups is 1. The van der Waals surface area contributed by atoms with Crippen LogP contribution in [0.3, 0.4) is 0 Å². The summed E-state index contributed by atoms with van der Waals surface area (Å²) in [5, 5.41) is 23.2. The standard InChI is InChI=1S/C27H28F3N3O6/c1-27(2,3)39-26(37)33(25(35)36)24-10-18-19(11-32-24)14(13-34)6-21(29)20(18)12-31-16-8-17(9-16)38-23-5-4-15(28)7-22(23)30/h4-7,10-11,16-17,31,34H,8-9,12-13H2,1-3H3,(H,35,36)/t16-,17-. The third-order valence-corrected chi connectivity index (χ3v) is 6.17. The van der Waals surface area contributed by atoms with Crippen LogP contribution in [0.2, 0.25) is 0 Å². The van der Waals surface area contributed by atoms with Gasteiger partial charge in [-0.25, -0.2) is 27.7 Å². The first-order valence-corrected chi connectivity index (χ1v) is 12.2. The van der Waals surface area contributed by atoms with Gasteiger partial charge in [0.1, 0.15) is 29.2 Å². The van der Waals surface area contributed by atoms with Crippen LogP contribution in [0.15, 0.2) is 36.5 Å². The molecule has 0 bridgehead atoms. The van der Waals surface area contributed by atoms with Crippen molar-refractivity contribution in [2.75, 3.05) is 4.90 Å². The fourth-order valence-corrected chi connectivity index (χ4v) is 4.23. The molecular formula is C27H28F3N3O6. The van der Waals surface area contributed by atoms with Crippen molar-refractivity contribution in [3.05, 3.63) is 65.1 Å². The highest BCUT2D eigenvalue weighted by Crippen LogP contribution is 2.31. The second kappa shape index (κ2) is 11.1. The third kappa shape index (κ3) is 6.40. The van der Waals surface area contributed by atoms with Gasteiger partial charge in [0.2, 0.25) is 0 Å². The van der Waals surface area contributed by atoms with Gasteiger partial charge in [0.05, 0.1) is 6.61 Å². The molecule has 3 N–H and O–H groups in total. The van der Waals surface area contributed by atoms with E-state index in [1.807, 2.05) is 0 Å². The molecule has 4 rings (SSSR count). The number of rotatable bonds is 7. The Labute approximate surface area is 222 Å². The Morgan fingerprint density at radius 3 is 2.44 bits per heavy atom. The Morgan fingerprint density at radius 1 is 1.10 bits per heavy atom. The number of carbonyl (C=O) groups excluding carboxylic acids is 1. The number of fused-ring (bicyclic) bond motifs is 1. The first-order valence-electron chi connectivity index (χ1n) is 12.2. The third-order valence-electron chi connectivity index (χ3n) is 6.17. The van der Waals surface area contributed by atoms with E-state index in [9.17, 15) is 28.6 Å². The fraction of sp³-hybridized carbons (Fsp3) is 0.370. The van der Waals surface area contributed by atoms with Crippen LogP contribution < -0.4 is 15.0 Å². The van der Waals surface area contributed by atoms with Crippen molar-refractivity contribution in [3.8, 4) is 5.75 Å². The maximum absolute atomic E-state index is 15.2. The molecule has 0 spiro atoms. The number of nitrogens with one attached hydrogen (secondary N) is 1. The molecule has 2 aromatic carbocycles. The number of amides is 2. The summed E-state index contributed by atoms with van der Waals surface area (Å²) in [5.41, 5.74) is -0.558. The summed E-state index contributed by atoms with van der Waals surface area (Å²) in [6.07, 6.45) is -0.864. The van der Waals surface area contributed by atoms with Gasteiger partial charge in [-0.3, -0.25) is 0 Å². The van der Waals surface area contributed by atoms with E-state index in [1.54, 1.807) is 20.8 Å². The summed E-state index contributed by atoms with van der Waals surface area (Å²) in [6, 6.07) is 5.41. The molecule has 0 unspecified atom stereocenters. The van der Waals surface area contributed by atoms with Crippen molar-refractivity contribution in [3.63, 3.8) is 0 Å². The number of carbonyl (C=O) groups is 2. The highest BCUT2D eigenvalue weighted by molar-refractivity contribution is 6.09. The van der Waals surface area contributed by atoms with Crippen molar-refractivity contribution >= 4 is 28.8 Å². The van der Waals surface area contributed by atoms with E-state index >= 15 is 4.39 Å². The van der Waals surface area contributed by atoms with Crippen LogP contribution in [-0.4, -0.2) is 45.1 Å². The normalized spacial score (nSPS) is 17.0. The Morgan fingerprint density at radius 2 is 1.82 bits per heavy atom. The van der Waals surface area contributed by atoms with Crippen LogP contribution in [0.1, 0.15) is 44.7 Å².